The minimum Gasteiger partial charge on any atom is -0.445 e. The van der Waals surface area contributed by atoms with Crippen LogP contribution in [0.5, 0.6) is 0 Å². The van der Waals surface area contributed by atoms with Gasteiger partial charge in [0.05, 0.1) is 0 Å². The van der Waals surface area contributed by atoms with E-state index >= 15 is 0 Å². The van der Waals surface area contributed by atoms with Crippen molar-refractivity contribution in [2.24, 2.45) is 0 Å². The number of carbonyl (C=O) groups excluding carboxylic acids is 3. The molecule has 1 N–H and O–H groups in total. The van der Waals surface area contributed by atoms with E-state index in [0.29, 0.717) is 18.2 Å². The number of carbonyl (C=O) groups is 3. The maximum Gasteiger partial charge on any atom is 0.408 e. The number of amides is 3. The summed E-state index contributed by atoms with van der Waals surface area (Å²) in [5, 5.41) is 3.19. The maximum absolute atomic E-state index is 13.5. The third-order valence-electron chi connectivity index (χ3n) is 5.70. The summed E-state index contributed by atoms with van der Waals surface area (Å²) < 4.78 is 10.4. The molecule has 0 aliphatic carbocycles. The minimum atomic E-state index is -0.994. The highest BCUT2D eigenvalue weighted by Crippen LogP contribution is 2.20. The molecule has 0 radical (unpaired) electrons. The molecule has 8 heteroatoms. The van der Waals surface area contributed by atoms with E-state index < -0.39 is 29.6 Å². The molecule has 0 bridgehead atoms. The number of rotatable bonds is 9. The molecule has 8 nitrogen and oxygen atoms in total. The number of nitrogens with zero attached hydrogens (tertiary/aromatic N) is 1. The normalized spacial score (nSPS) is 12.5. The van der Waals surface area contributed by atoms with E-state index in [1.807, 2.05) is 44.2 Å². The zero-order valence-electron chi connectivity index (χ0n) is 20.2. The average molecular weight is 479 g/mol. The molecule has 1 aromatic heterocycles. The fourth-order valence-electron chi connectivity index (χ4n) is 3.84. The summed E-state index contributed by atoms with van der Waals surface area (Å²) in [6, 6.07) is 15.5. The third-order valence-corrected chi connectivity index (χ3v) is 5.70. The van der Waals surface area contributed by atoms with E-state index in [4.69, 9.17) is 9.15 Å². The highest BCUT2D eigenvalue weighted by molar-refractivity contribution is 6.08. The Morgan fingerprint density at radius 3 is 2.43 bits per heavy atom. The van der Waals surface area contributed by atoms with Crippen LogP contribution in [0.1, 0.15) is 56.0 Å². The topological polar surface area (TPSA) is 106 Å². The van der Waals surface area contributed by atoms with Crippen molar-refractivity contribution < 1.29 is 23.5 Å². The Kier molecular flexibility index (Phi) is 8.78. The molecule has 3 rings (SSSR count). The van der Waals surface area contributed by atoms with Crippen LogP contribution in [0.2, 0.25) is 0 Å². The monoisotopic (exact) mass is 478 g/mol. The minimum absolute atomic E-state index is 0.0614. The lowest BCUT2D eigenvalue weighted by atomic mass is 10.0. The van der Waals surface area contributed by atoms with Crippen molar-refractivity contribution in [1.29, 1.82) is 0 Å². The summed E-state index contributed by atoms with van der Waals surface area (Å²) in [4.78, 5) is 52.1. The lowest BCUT2D eigenvalue weighted by Crippen LogP contribution is -2.53. The SMILES string of the molecule is CCCC(CC)N(C(=O)c1ccc2ccc(=O)oc2c1)C(=O)[C@H](C)NC(=O)OCc1ccccc1. The van der Waals surface area contributed by atoms with Gasteiger partial charge in [-0.15, -0.1) is 0 Å². The molecule has 1 unspecified atom stereocenters. The molecule has 2 aromatic carbocycles. The molecule has 2 atom stereocenters. The van der Waals surface area contributed by atoms with Crippen LogP contribution in [0.3, 0.4) is 0 Å². The summed E-state index contributed by atoms with van der Waals surface area (Å²) in [5.74, 6) is -1.06. The molecule has 0 aliphatic heterocycles. The molecule has 0 saturated heterocycles. The highest BCUT2D eigenvalue weighted by Gasteiger charge is 2.33. The van der Waals surface area contributed by atoms with Crippen LogP contribution in [0.4, 0.5) is 4.79 Å². The van der Waals surface area contributed by atoms with Crippen LogP contribution in [0.25, 0.3) is 11.0 Å². The quantitative estimate of drug-likeness (QED) is 0.449. The second-order valence-corrected chi connectivity index (χ2v) is 8.30. The molecule has 1 heterocycles. The van der Waals surface area contributed by atoms with Crippen LogP contribution < -0.4 is 10.9 Å². The zero-order chi connectivity index (χ0) is 25.4. The van der Waals surface area contributed by atoms with Gasteiger partial charge in [0.15, 0.2) is 0 Å². The molecule has 0 saturated carbocycles. The lowest BCUT2D eigenvalue weighted by molar-refractivity contribution is -0.132. The van der Waals surface area contributed by atoms with Gasteiger partial charge in [-0.2, -0.15) is 0 Å². The van der Waals surface area contributed by atoms with Gasteiger partial charge in [-0.05, 0) is 43.5 Å². The highest BCUT2D eigenvalue weighted by atomic mass is 16.5. The van der Waals surface area contributed by atoms with Gasteiger partial charge in [0.25, 0.3) is 11.8 Å². The van der Waals surface area contributed by atoms with E-state index in [1.165, 1.54) is 24.0 Å². The first kappa shape index (κ1) is 25.7. The number of hydrogen-bond acceptors (Lipinski definition) is 6. The van der Waals surface area contributed by atoms with Crippen molar-refractivity contribution in [3.8, 4) is 0 Å². The molecule has 0 aliphatic rings. The summed E-state index contributed by atoms with van der Waals surface area (Å²) >= 11 is 0. The number of fused-ring (bicyclic) bond motifs is 1. The maximum atomic E-state index is 13.5. The Balaban J connectivity index is 1.80. The Hall–Kier alpha value is -3.94. The first-order valence-corrected chi connectivity index (χ1v) is 11.7. The summed E-state index contributed by atoms with van der Waals surface area (Å²) in [6.07, 6.45) is 1.18. The number of imide groups is 1. The number of alkyl carbamates (subject to hydrolysis) is 1. The Morgan fingerprint density at radius 1 is 1.03 bits per heavy atom. The first-order chi connectivity index (χ1) is 16.8. The predicted octanol–water partition coefficient (Wildman–Crippen LogP) is 4.66. The Labute approximate surface area is 203 Å². The lowest BCUT2D eigenvalue weighted by Gasteiger charge is -2.31. The molecule has 35 heavy (non-hydrogen) atoms. The average Bonchev–Trinajstić information content (AvgIpc) is 2.86. The predicted molar refractivity (Wildman–Crippen MR) is 132 cm³/mol. The van der Waals surface area contributed by atoms with Crippen LogP contribution >= 0.6 is 0 Å². The Bertz CT molecular complexity index is 1240. The fraction of sp³-hybridized carbons (Fsp3) is 0.333. The van der Waals surface area contributed by atoms with Crippen molar-refractivity contribution in [2.45, 2.75) is 58.7 Å². The second-order valence-electron chi connectivity index (χ2n) is 8.30. The van der Waals surface area contributed by atoms with E-state index in [2.05, 4.69) is 5.32 Å². The van der Waals surface area contributed by atoms with E-state index in [9.17, 15) is 19.2 Å². The van der Waals surface area contributed by atoms with Crippen molar-refractivity contribution >= 4 is 28.9 Å². The summed E-state index contributed by atoms with van der Waals surface area (Å²) in [7, 11) is 0. The van der Waals surface area contributed by atoms with Crippen molar-refractivity contribution in [1.82, 2.24) is 10.2 Å². The number of ether oxygens (including phenoxy) is 1. The van der Waals surface area contributed by atoms with Gasteiger partial charge in [-0.25, -0.2) is 9.59 Å². The first-order valence-electron chi connectivity index (χ1n) is 11.7. The van der Waals surface area contributed by atoms with Crippen LogP contribution in [0, 0.1) is 0 Å². The molecule has 0 spiro atoms. The second kappa shape index (κ2) is 12.0. The van der Waals surface area contributed by atoms with Gasteiger partial charge >= 0.3 is 11.7 Å². The standard InChI is InChI=1S/C27H30N2O6/c1-4-9-22(5-2)29(26(32)21-13-12-20-14-15-24(30)35-23(20)16-21)25(31)18(3)28-27(33)34-17-19-10-7-6-8-11-19/h6-8,10-16,18,22H,4-5,9,17H2,1-3H3,(H,28,33)/t18-,22?/m0/s1. The molecular weight excluding hydrogens is 448 g/mol. The largest absolute Gasteiger partial charge is 0.445 e. The van der Waals surface area contributed by atoms with Crippen molar-refractivity contribution in [3.63, 3.8) is 0 Å². The number of nitrogens with one attached hydrogen (secondary N) is 1. The third kappa shape index (κ3) is 6.56. The molecule has 0 fully saturated rings. The Morgan fingerprint density at radius 2 is 1.74 bits per heavy atom. The summed E-state index contributed by atoms with van der Waals surface area (Å²) in [6.45, 7) is 5.46. The molecular formula is C27H30N2O6. The summed E-state index contributed by atoms with van der Waals surface area (Å²) in [5.41, 5.74) is 0.762. The van der Waals surface area contributed by atoms with Gasteiger partial charge in [0.1, 0.15) is 18.2 Å². The van der Waals surface area contributed by atoms with Crippen molar-refractivity contribution in [3.05, 3.63) is 82.2 Å². The van der Waals surface area contributed by atoms with Gasteiger partial charge in [0.2, 0.25) is 0 Å². The van der Waals surface area contributed by atoms with Crippen molar-refractivity contribution in [2.75, 3.05) is 0 Å². The van der Waals surface area contributed by atoms with E-state index in [0.717, 1.165) is 12.0 Å². The van der Waals surface area contributed by atoms with Gasteiger partial charge in [0, 0.05) is 23.1 Å². The van der Waals surface area contributed by atoms with Crippen LogP contribution in [-0.2, 0) is 16.1 Å². The van der Waals surface area contributed by atoms with Gasteiger partial charge in [-0.3, -0.25) is 14.5 Å². The van der Waals surface area contributed by atoms with E-state index in [1.54, 1.807) is 18.2 Å². The number of hydrogen-bond donors (Lipinski definition) is 1. The fourth-order valence-corrected chi connectivity index (χ4v) is 3.84. The van der Waals surface area contributed by atoms with Crippen LogP contribution in [-0.4, -0.2) is 34.9 Å². The zero-order valence-corrected chi connectivity index (χ0v) is 20.2. The number of benzene rings is 2. The molecule has 3 aromatic rings. The van der Waals surface area contributed by atoms with Crippen LogP contribution in [0.15, 0.2) is 69.9 Å². The molecule has 184 valence electrons. The smallest absolute Gasteiger partial charge is 0.408 e. The molecule has 3 amide bonds. The van der Waals surface area contributed by atoms with Gasteiger partial charge in [-0.1, -0.05) is 56.7 Å². The van der Waals surface area contributed by atoms with Gasteiger partial charge < -0.3 is 14.5 Å². The van der Waals surface area contributed by atoms with E-state index in [-0.39, 0.29) is 23.8 Å².